The quantitative estimate of drug-likeness (QED) is 0.331. The van der Waals surface area contributed by atoms with E-state index in [0.29, 0.717) is 29.0 Å². The first kappa shape index (κ1) is 24.2. The minimum Gasteiger partial charge on any atom is -0.508 e. The van der Waals surface area contributed by atoms with Crippen LogP contribution in [0.2, 0.25) is 0 Å². The van der Waals surface area contributed by atoms with Crippen molar-refractivity contribution in [3.8, 4) is 11.5 Å². The lowest BCUT2D eigenvalue weighted by Gasteiger charge is -2.26. The zero-order chi connectivity index (χ0) is 25.0. The Morgan fingerprint density at radius 1 is 0.861 bits per heavy atom. The molecule has 0 spiro atoms. The van der Waals surface area contributed by atoms with Gasteiger partial charge in [-0.15, -0.1) is 0 Å². The van der Waals surface area contributed by atoms with Gasteiger partial charge in [0.25, 0.3) is 10.0 Å². The molecule has 1 saturated heterocycles. The summed E-state index contributed by atoms with van der Waals surface area (Å²) in [6.07, 6.45) is 2.49. The fourth-order valence-corrected chi connectivity index (χ4v) is 6.35. The number of nitrogens with zero attached hydrogens (tertiary/aromatic N) is 2. The molecule has 0 aliphatic carbocycles. The molecule has 1 N–H and O–H groups in total. The van der Waals surface area contributed by atoms with Crippen LogP contribution >= 0.6 is 0 Å². The monoisotopic (exact) mass is 502 g/mol. The number of phenolic OH excluding ortho intramolecular Hbond substituents is 1. The van der Waals surface area contributed by atoms with Gasteiger partial charge in [-0.05, 0) is 79.3 Å². The molecule has 1 fully saturated rings. The Morgan fingerprint density at radius 2 is 1.58 bits per heavy atom. The molecule has 5 rings (SSSR count). The van der Waals surface area contributed by atoms with Crippen molar-refractivity contribution < 1.29 is 18.3 Å². The molecule has 1 aliphatic rings. The average molecular weight is 503 g/mol. The Morgan fingerprint density at radius 3 is 2.36 bits per heavy atom. The lowest BCUT2D eigenvalue weighted by molar-refractivity contribution is 0.238. The van der Waals surface area contributed by atoms with Crippen LogP contribution in [-0.4, -0.2) is 44.7 Å². The number of rotatable bonds is 9. The molecular weight excluding hydrogens is 472 g/mol. The van der Waals surface area contributed by atoms with E-state index in [4.69, 9.17) is 4.74 Å². The fraction of sp³-hybridized carbons (Fsp3) is 0.241. The maximum absolute atomic E-state index is 14.1. The number of aromatic hydroxyl groups is 1. The van der Waals surface area contributed by atoms with Crippen LogP contribution in [0.4, 0.5) is 5.69 Å². The van der Waals surface area contributed by atoms with Crippen molar-refractivity contribution in [1.29, 1.82) is 0 Å². The Balaban J connectivity index is 1.45. The van der Waals surface area contributed by atoms with Crippen LogP contribution in [0.5, 0.6) is 11.5 Å². The van der Waals surface area contributed by atoms with E-state index < -0.39 is 10.0 Å². The molecule has 7 heteroatoms. The van der Waals surface area contributed by atoms with E-state index in [1.807, 2.05) is 42.5 Å². The Bertz CT molecular complexity index is 1430. The lowest BCUT2D eigenvalue weighted by atomic mass is 10.1. The minimum atomic E-state index is -3.93. The summed E-state index contributed by atoms with van der Waals surface area (Å²) < 4.78 is 35.4. The second kappa shape index (κ2) is 10.6. The maximum atomic E-state index is 14.1. The number of anilines is 1. The highest BCUT2D eigenvalue weighted by Gasteiger charge is 2.27. The Hall–Kier alpha value is -3.55. The molecule has 6 nitrogen and oxygen atoms in total. The summed E-state index contributed by atoms with van der Waals surface area (Å²) >= 11 is 0. The second-order valence-electron chi connectivity index (χ2n) is 9.05. The van der Waals surface area contributed by atoms with Gasteiger partial charge in [0.15, 0.2) is 0 Å². The van der Waals surface area contributed by atoms with Gasteiger partial charge in [-0.3, -0.25) is 9.21 Å². The van der Waals surface area contributed by atoms with Gasteiger partial charge >= 0.3 is 0 Å². The van der Waals surface area contributed by atoms with Gasteiger partial charge < -0.3 is 9.84 Å². The molecule has 0 unspecified atom stereocenters. The largest absolute Gasteiger partial charge is 0.508 e. The highest BCUT2D eigenvalue weighted by Crippen LogP contribution is 2.32. The minimum absolute atomic E-state index is 0.0785. The van der Waals surface area contributed by atoms with Crippen LogP contribution in [0.3, 0.4) is 0 Å². The van der Waals surface area contributed by atoms with Gasteiger partial charge in [-0.25, -0.2) is 8.42 Å². The third-order valence-electron chi connectivity index (χ3n) is 6.55. The SMILES string of the molecule is O=S(=O)(c1cccc2ccccc12)N(Cc1cccc(O)c1)c1ccc(OCCN2CCCC2)cc1. The summed E-state index contributed by atoms with van der Waals surface area (Å²) in [7, 11) is -3.93. The number of ether oxygens (including phenoxy) is 1. The van der Waals surface area contributed by atoms with E-state index in [1.54, 1.807) is 48.5 Å². The zero-order valence-electron chi connectivity index (χ0n) is 20.1. The van der Waals surface area contributed by atoms with E-state index in [0.717, 1.165) is 25.0 Å². The number of hydrogen-bond acceptors (Lipinski definition) is 5. The Labute approximate surface area is 212 Å². The standard InChI is InChI=1S/C29H30N2O4S/c32-26-10-5-7-23(21-26)22-31(36(33,34)29-12-6-9-24-8-1-2-11-28(24)29)25-13-15-27(16-14-25)35-20-19-30-17-3-4-18-30/h1-2,5-16,21,32H,3-4,17-20,22H2. The van der Waals surface area contributed by atoms with Gasteiger partial charge in [0, 0.05) is 11.9 Å². The third kappa shape index (κ3) is 5.32. The first-order chi connectivity index (χ1) is 17.5. The van der Waals surface area contributed by atoms with Crippen LogP contribution in [0.15, 0.2) is 95.9 Å². The number of benzene rings is 4. The number of hydrogen-bond donors (Lipinski definition) is 1. The molecule has 36 heavy (non-hydrogen) atoms. The molecule has 0 saturated carbocycles. The molecule has 186 valence electrons. The number of likely N-dealkylation sites (tertiary alicyclic amines) is 1. The van der Waals surface area contributed by atoms with E-state index >= 15 is 0 Å². The van der Waals surface area contributed by atoms with Crippen LogP contribution in [0.1, 0.15) is 18.4 Å². The molecular formula is C29H30N2O4S. The van der Waals surface area contributed by atoms with Crippen molar-refractivity contribution in [2.75, 3.05) is 30.5 Å². The topological polar surface area (TPSA) is 70.1 Å². The lowest BCUT2D eigenvalue weighted by Crippen LogP contribution is -2.30. The van der Waals surface area contributed by atoms with E-state index in [-0.39, 0.29) is 17.2 Å². The van der Waals surface area contributed by atoms with E-state index in [9.17, 15) is 13.5 Å². The van der Waals surface area contributed by atoms with Gasteiger partial charge in [0.2, 0.25) is 0 Å². The van der Waals surface area contributed by atoms with Crippen molar-refractivity contribution in [3.05, 3.63) is 96.6 Å². The smallest absolute Gasteiger partial charge is 0.265 e. The maximum Gasteiger partial charge on any atom is 0.265 e. The Kier molecular flexibility index (Phi) is 7.11. The normalized spacial score (nSPS) is 14.2. The zero-order valence-corrected chi connectivity index (χ0v) is 20.9. The highest BCUT2D eigenvalue weighted by atomic mass is 32.2. The molecule has 1 heterocycles. The first-order valence-corrected chi connectivity index (χ1v) is 13.7. The van der Waals surface area contributed by atoms with Crippen molar-refractivity contribution in [2.24, 2.45) is 0 Å². The number of sulfonamides is 1. The van der Waals surface area contributed by atoms with Crippen LogP contribution in [-0.2, 0) is 16.6 Å². The fourth-order valence-electron chi connectivity index (χ4n) is 4.68. The summed E-state index contributed by atoms with van der Waals surface area (Å²) in [6, 6.07) is 26.6. The average Bonchev–Trinajstić information content (AvgIpc) is 3.41. The van der Waals surface area contributed by atoms with Gasteiger partial charge in [0.05, 0.1) is 17.1 Å². The van der Waals surface area contributed by atoms with Crippen LogP contribution in [0.25, 0.3) is 10.8 Å². The van der Waals surface area contributed by atoms with Gasteiger partial charge in [0.1, 0.15) is 18.1 Å². The number of phenols is 1. The summed E-state index contributed by atoms with van der Waals surface area (Å²) in [5.74, 6) is 0.801. The van der Waals surface area contributed by atoms with Crippen LogP contribution < -0.4 is 9.04 Å². The van der Waals surface area contributed by atoms with Crippen molar-refractivity contribution in [2.45, 2.75) is 24.3 Å². The molecule has 0 bridgehead atoms. The molecule has 0 radical (unpaired) electrons. The van der Waals surface area contributed by atoms with Crippen LogP contribution in [0, 0.1) is 0 Å². The summed E-state index contributed by atoms with van der Waals surface area (Å²) in [6.45, 7) is 3.81. The second-order valence-corrected chi connectivity index (χ2v) is 10.9. The number of fused-ring (bicyclic) bond motifs is 1. The predicted octanol–water partition coefficient (Wildman–Crippen LogP) is 5.42. The molecule has 1 aliphatic heterocycles. The van der Waals surface area contributed by atoms with E-state index in [1.165, 1.54) is 17.1 Å². The highest BCUT2D eigenvalue weighted by molar-refractivity contribution is 7.93. The summed E-state index contributed by atoms with van der Waals surface area (Å²) in [4.78, 5) is 2.63. The molecule has 4 aromatic carbocycles. The molecule has 0 atom stereocenters. The molecule has 0 amide bonds. The molecule has 4 aromatic rings. The summed E-state index contributed by atoms with van der Waals surface area (Å²) in [5, 5.41) is 11.5. The first-order valence-electron chi connectivity index (χ1n) is 12.2. The van der Waals surface area contributed by atoms with Gasteiger partial charge in [-0.1, -0.05) is 48.5 Å². The van der Waals surface area contributed by atoms with Crippen molar-refractivity contribution in [1.82, 2.24) is 4.90 Å². The van der Waals surface area contributed by atoms with Crippen molar-refractivity contribution >= 4 is 26.5 Å². The van der Waals surface area contributed by atoms with E-state index in [2.05, 4.69) is 4.90 Å². The molecule has 0 aromatic heterocycles. The van der Waals surface area contributed by atoms with Crippen molar-refractivity contribution in [3.63, 3.8) is 0 Å². The van der Waals surface area contributed by atoms with Gasteiger partial charge in [-0.2, -0.15) is 0 Å². The summed E-state index contributed by atoms with van der Waals surface area (Å²) in [5.41, 5.74) is 1.21. The third-order valence-corrected chi connectivity index (χ3v) is 8.39. The predicted molar refractivity (Wildman–Crippen MR) is 143 cm³/mol.